The molecule has 2 rings (SSSR count). The summed E-state index contributed by atoms with van der Waals surface area (Å²) in [5.74, 6) is 0. The first-order chi connectivity index (χ1) is 7.61. The molecule has 0 bridgehead atoms. The van der Waals surface area contributed by atoms with Crippen LogP contribution in [0.4, 0.5) is 0 Å². The Labute approximate surface area is 99.9 Å². The summed E-state index contributed by atoms with van der Waals surface area (Å²) in [4.78, 5) is 4.55. The zero-order valence-corrected chi connectivity index (χ0v) is 10.8. The van der Waals surface area contributed by atoms with Crippen molar-refractivity contribution in [3.63, 3.8) is 0 Å². The number of hydrogen-bond acceptors (Lipinski definition) is 3. The van der Waals surface area contributed by atoms with E-state index in [1.807, 2.05) is 6.92 Å². The second-order valence-electron chi connectivity index (χ2n) is 3.91. The smallest absolute Gasteiger partial charge is 0.197 e. The fourth-order valence-electron chi connectivity index (χ4n) is 1.65. The standard InChI is InChI=1S/C13H15NOS/c1-8-5-6-9(2)11(7-8)12-14-10(3)13(15-4)16-12/h5-7H,1-4H3. The van der Waals surface area contributed by atoms with Crippen molar-refractivity contribution in [2.45, 2.75) is 20.8 Å². The monoisotopic (exact) mass is 233 g/mol. The minimum Gasteiger partial charge on any atom is -0.486 e. The molecule has 0 saturated heterocycles. The van der Waals surface area contributed by atoms with Crippen LogP contribution in [0, 0.1) is 20.8 Å². The van der Waals surface area contributed by atoms with Crippen LogP contribution in [0.2, 0.25) is 0 Å². The maximum Gasteiger partial charge on any atom is 0.197 e. The van der Waals surface area contributed by atoms with E-state index in [0.717, 1.165) is 15.8 Å². The number of rotatable bonds is 2. The maximum atomic E-state index is 5.27. The minimum absolute atomic E-state index is 0.899. The van der Waals surface area contributed by atoms with Crippen molar-refractivity contribution in [1.82, 2.24) is 4.98 Å². The van der Waals surface area contributed by atoms with Gasteiger partial charge in [0, 0.05) is 5.56 Å². The van der Waals surface area contributed by atoms with Crippen molar-refractivity contribution < 1.29 is 4.74 Å². The van der Waals surface area contributed by atoms with Gasteiger partial charge in [-0.15, -0.1) is 0 Å². The number of benzene rings is 1. The van der Waals surface area contributed by atoms with Gasteiger partial charge in [-0.1, -0.05) is 29.0 Å². The molecule has 0 aliphatic heterocycles. The lowest BCUT2D eigenvalue weighted by molar-refractivity contribution is 0.423. The van der Waals surface area contributed by atoms with E-state index < -0.39 is 0 Å². The molecule has 0 radical (unpaired) electrons. The molecule has 0 spiro atoms. The summed E-state index contributed by atoms with van der Waals surface area (Å²) in [6.07, 6.45) is 0. The van der Waals surface area contributed by atoms with Gasteiger partial charge in [-0.3, -0.25) is 0 Å². The highest BCUT2D eigenvalue weighted by Gasteiger charge is 2.11. The molecule has 0 aliphatic carbocycles. The molecule has 0 fully saturated rings. The Morgan fingerprint density at radius 2 is 1.94 bits per heavy atom. The molecule has 1 heterocycles. The summed E-state index contributed by atoms with van der Waals surface area (Å²) in [5.41, 5.74) is 4.68. The average molecular weight is 233 g/mol. The topological polar surface area (TPSA) is 22.1 Å². The van der Waals surface area contributed by atoms with E-state index in [-0.39, 0.29) is 0 Å². The summed E-state index contributed by atoms with van der Waals surface area (Å²) in [5, 5.41) is 1.94. The van der Waals surface area contributed by atoms with Gasteiger partial charge in [0.05, 0.1) is 12.8 Å². The molecule has 0 N–H and O–H groups in total. The van der Waals surface area contributed by atoms with Crippen molar-refractivity contribution >= 4 is 11.3 Å². The van der Waals surface area contributed by atoms with Crippen LogP contribution in [0.25, 0.3) is 10.6 Å². The normalized spacial score (nSPS) is 10.5. The third-order valence-electron chi connectivity index (χ3n) is 2.56. The van der Waals surface area contributed by atoms with Gasteiger partial charge in [0.15, 0.2) is 5.06 Å². The van der Waals surface area contributed by atoms with E-state index in [1.165, 1.54) is 16.7 Å². The van der Waals surface area contributed by atoms with Gasteiger partial charge < -0.3 is 4.74 Å². The zero-order valence-electron chi connectivity index (χ0n) is 10.00. The van der Waals surface area contributed by atoms with Crippen molar-refractivity contribution in [3.05, 3.63) is 35.0 Å². The van der Waals surface area contributed by atoms with Crippen LogP contribution < -0.4 is 4.74 Å². The Morgan fingerprint density at radius 3 is 2.56 bits per heavy atom. The van der Waals surface area contributed by atoms with Crippen LogP contribution in [-0.2, 0) is 0 Å². The molecule has 16 heavy (non-hydrogen) atoms. The van der Waals surface area contributed by atoms with Crippen LogP contribution in [0.1, 0.15) is 16.8 Å². The maximum absolute atomic E-state index is 5.27. The van der Waals surface area contributed by atoms with E-state index in [2.05, 4.69) is 37.0 Å². The largest absolute Gasteiger partial charge is 0.486 e. The molecule has 1 aromatic heterocycles. The SMILES string of the molecule is COc1sc(-c2cc(C)ccc2C)nc1C. The Balaban J connectivity index is 2.53. The van der Waals surface area contributed by atoms with E-state index in [9.17, 15) is 0 Å². The molecule has 2 aromatic rings. The molecule has 0 unspecified atom stereocenters. The summed E-state index contributed by atoms with van der Waals surface area (Å²) >= 11 is 1.60. The number of thiazole rings is 1. The van der Waals surface area contributed by atoms with Gasteiger partial charge in [-0.2, -0.15) is 0 Å². The summed E-state index contributed by atoms with van der Waals surface area (Å²) < 4.78 is 5.27. The van der Waals surface area contributed by atoms with Crippen molar-refractivity contribution in [2.75, 3.05) is 7.11 Å². The molecule has 1 aromatic carbocycles. The number of methoxy groups -OCH3 is 1. The average Bonchev–Trinajstić information content (AvgIpc) is 2.63. The molecular weight excluding hydrogens is 218 g/mol. The Hall–Kier alpha value is -1.35. The van der Waals surface area contributed by atoms with E-state index >= 15 is 0 Å². The molecule has 0 aliphatic rings. The molecule has 2 nitrogen and oxygen atoms in total. The van der Waals surface area contributed by atoms with Gasteiger partial charge in [0.1, 0.15) is 5.01 Å². The first-order valence-electron chi connectivity index (χ1n) is 5.21. The third kappa shape index (κ3) is 1.95. The lowest BCUT2D eigenvalue weighted by Crippen LogP contribution is -1.84. The predicted octanol–water partition coefficient (Wildman–Crippen LogP) is 3.74. The fourth-order valence-corrected chi connectivity index (χ4v) is 2.62. The first-order valence-corrected chi connectivity index (χ1v) is 6.02. The van der Waals surface area contributed by atoms with Crippen LogP contribution in [0.15, 0.2) is 18.2 Å². The second kappa shape index (κ2) is 4.26. The van der Waals surface area contributed by atoms with E-state index in [1.54, 1.807) is 18.4 Å². The zero-order chi connectivity index (χ0) is 11.7. The summed E-state index contributed by atoms with van der Waals surface area (Å²) in [6.45, 7) is 6.18. The molecule has 0 saturated carbocycles. The third-order valence-corrected chi connectivity index (χ3v) is 3.71. The van der Waals surface area contributed by atoms with E-state index in [0.29, 0.717) is 0 Å². The molecular formula is C13H15NOS. The lowest BCUT2D eigenvalue weighted by atomic mass is 10.1. The molecule has 3 heteroatoms. The number of hydrogen-bond donors (Lipinski definition) is 0. The number of ether oxygens (including phenoxy) is 1. The van der Waals surface area contributed by atoms with E-state index in [4.69, 9.17) is 4.74 Å². The Morgan fingerprint density at radius 1 is 1.19 bits per heavy atom. The van der Waals surface area contributed by atoms with Gasteiger partial charge in [0.25, 0.3) is 0 Å². The van der Waals surface area contributed by atoms with Gasteiger partial charge >= 0.3 is 0 Å². The highest BCUT2D eigenvalue weighted by molar-refractivity contribution is 7.17. The van der Waals surface area contributed by atoms with Gasteiger partial charge in [0.2, 0.25) is 0 Å². The molecule has 0 atom stereocenters. The van der Waals surface area contributed by atoms with Gasteiger partial charge in [-0.25, -0.2) is 4.98 Å². The summed E-state index contributed by atoms with van der Waals surface area (Å²) in [7, 11) is 1.69. The number of nitrogens with zero attached hydrogens (tertiary/aromatic N) is 1. The van der Waals surface area contributed by atoms with Crippen molar-refractivity contribution in [3.8, 4) is 15.6 Å². The molecule has 84 valence electrons. The van der Waals surface area contributed by atoms with Crippen LogP contribution in [0.3, 0.4) is 0 Å². The molecule has 0 amide bonds. The second-order valence-corrected chi connectivity index (χ2v) is 4.88. The summed E-state index contributed by atoms with van der Waals surface area (Å²) in [6, 6.07) is 6.43. The first kappa shape index (κ1) is 11.1. The lowest BCUT2D eigenvalue weighted by Gasteiger charge is -2.02. The quantitative estimate of drug-likeness (QED) is 0.788. The Bertz CT molecular complexity index is 517. The Kier molecular flexibility index (Phi) is 2.97. The van der Waals surface area contributed by atoms with Crippen LogP contribution >= 0.6 is 11.3 Å². The highest BCUT2D eigenvalue weighted by atomic mass is 32.1. The van der Waals surface area contributed by atoms with Crippen molar-refractivity contribution in [2.24, 2.45) is 0 Å². The number of aromatic nitrogens is 1. The van der Waals surface area contributed by atoms with Gasteiger partial charge in [-0.05, 0) is 32.4 Å². The highest BCUT2D eigenvalue weighted by Crippen LogP contribution is 2.35. The van der Waals surface area contributed by atoms with Crippen LogP contribution in [0.5, 0.6) is 5.06 Å². The fraction of sp³-hybridized carbons (Fsp3) is 0.308. The van der Waals surface area contributed by atoms with Crippen LogP contribution in [-0.4, -0.2) is 12.1 Å². The number of aryl methyl sites for hydroxylation is 3. The van der Waals surface area contributed by atoms with Crippen molar-refractivity contribution in [1.29, 1.82) is 0 Å². The minimum atomic E-state index is 0.899. The predicted molar refractivity (Wildman–Crippen MR) is 68.3 cm³/mol.